The van der Waals surface area contributed by atoms with E-state index in [0.29, 0.717) is 59.3 Å². The van der Waals surface area contributed by atoms with Gasteiger partial charge in [-0.15, -0.1) is 0 Å². The molecule has 1 aromatic heterocycles. The first-order chi connectivity index (χ1) is 13.1. The highest BCUT2D eigenvalue weighted by atomic mass is 35.5. The number of aromatic amines is 1. The summed E-state index contributed by atoms with van der Waals surface area (Å²) in [6, 6.07) is 12.1. The lowest BCUT2D eigenvalue weighted by Gasteiger charge is -2.18. The Kier molecular flexibility index (Phi) is 4.73. The van der Waals surface area contributed by atoms with Gasteiger partial charge in [-0.25, -0.2) is 0 Å². The van der Waals surface area contributed by atoms with Crippen LogP contribution in [0.3, 0.4) is 0 Å². The van der Waals surface area contributed by atoms with Crippen molar-refractivity contribution in [3.05, 3.63) is 69.0 Å². The van der Waals surface area contributed by atoms with E-state index in [1.165, 1.54) is 0 Å². The smallest absolute Gasteiger partial charge is 0.251 e. The molecule has 0 spiro atoms. The molecule has 2 heterocycles. The number of H-pyrrole nitrogens is 1. The average molecular weight is 385 g/mol. The monoisotopic (exact) mass is 384 g/mol. The lowest BCUT2D eigenvalue weighted by atomic mass is 10.1. The summed E-state index contributed by atoms with van der Waals surface area (Å²) in [5, 5.41) is 4.25. The van der Waals surface area contributed by atoms with Crippen LogP contribution in [0, 0.1) is 0 Å². The van der Waals surface area contributed by atoms with Gasteiger partial charge in [0.1, 0.15) is 13.2 Å². The maximum atomic E-state index is 12.3. The van der Waals surface area contributed by atoms with E-state index in [-0.39, 0.29) is 11.5 Å². The number of benzene rings is 2. The van der Waals surface area contributed by atoms with Crippen LogP contribution in [0.2, 0.25) is 5.02 Å². The van der Waals surface area contributed by atoms with Crippen molar-refractivity contribution in [3.8, 4) is 11.5 Å². The maximum absolute atomic E-state index is 12.3. The second-order valence-corrected chi connectivity index (χ2v) is 6.66. The first kappa shape index (κ1) is 17.4. The standard InChI is InChI=1S/C20H17ClN2O4/c21-15-3-1-12(2-4-15)19(24)22-6-5-13-9-14-10-17-18(27-8-7-26-17)11-16(14)23-20(13)25/h1-4,9-11H,5-8H2,(H,22,24)(H,23,25). The van der Waals surface area contributed by atoms with Gasteiger partial charge in [0.15, 0.2) is 11.5 Å². The van der Waals surface area contributed by atoms with Crippen LogP contribution in [0.25, 0.3) is 10.9 Å². The van der Waals surface area contributed by atoms with Crippen LogP contribution in [-0.2, 0) is 6.42 Å². The van der Waals surface area contributed by atoms with Crippen LogP contribution in [-0.4, -0.2) is 30.6 Å². The van der Waals surface area contributed by atoms with Crippen molar-refractivity contribution >= 4 is 28.4 Å². The Bertz CT molecular complexity index is 1060. The van der Waals surface area contributed by atoms with Crippen molar-refractivity contribution in [3.63, 3.8) is 0 Å². The molecule has 0 saturated heterocycles. The molecule has 27 heavy (non-hydrogen) atoms. The van der Waals surface area contributed by atoms with Gasteiger partial charge in [0.25, 0.3) is 11.5 Å². The third-order valence-electron chi connectivity index (χ3n) is 4.37. The molecule has 6 nitrogen and oxygen atoms in total. The second-order valence-electron chi connectivity index (χ2n) is 6.22. The molecule has 0 fully saturated rings. The molecular formula is C20H17ClN2O4. The summed E-state index contributed by atoms with van der Waals surface area (Å²) in [6.07, 6.45) is 0.416. The van der Waals surface area contributed by atoms with E-state index in [1.807, 2.05) is 12.1 Å². The molecule has 0 saturated carbocycles. The molecule has 2 N–H and O–H groups in total. The highest BCUT2D eigenvalue weighted by molar-refractivity contribution is 6.30. The van der Waals surface area contributed by atoms with Crippen LogP contribution in [0.1, 0.15) is 15.9 Å². The first-order valence-electron chi connectivity index (χ1n) is 8.59. The van der Waals surface area contributed by atoms with Crippen molar-refractivity contribution < 1.29 is 14.3 Å². The molecule has 0 bridgehead atoms. The number of pyridine rings is 1. The normalized spacial score (nSPS) is 12.8. The molecule has 7 heteroatoms. The molecule has 2 aromatic carbocycles. The minimum absolute atomic E-state index is 0.181. The van der Waals surface area contributed by atoms with Gasteiger partial charge in [0, 0.05) is 34.1 Å². The number of carbonyl (C=O) groups is 1. The lowest BCUT2D eigenvalue weighted by Crippen LogP contribution is -2.27. The predicted octanol–water partition coefficient (Wildman–Crippen LogP) is 2.93. The summed E-state index contributed by atoms with van der Waals surface area (Å²) in [5.74, 6) is 1.10. The zero-order valence-corrected chi connectivity index (χ0v) is 15.1. The minimum Gasteiger partial charge on any atom is -0.486 e. The van der Waals surface area contributed by atoms with Crippen molar-refractivity contribution in [2.75, 3.05) is 19.8 Å². The van der Waals surface area contributed by atoms with E-state index in [1.54, 1.807) is 30.3 Å². The van der Waals surface area contributed by atoms with Crippen LogP contribution in [0.4, 0.5) is 0 Å². The molecule has 0 atom stereocenters. The van der Waals surface area contributed by atoms with Gasteiger partial charge in [0.05, 0.1) is 5.52 Å². The summed E-state index contributed by atoms with van der Waals surface area (Å²) >= 11 is 5.82. The molecule has 3 aromatic rings. The summed E-state index contributed by atoms with van der Waals surface area (Å²) in [5.41, 5.74) is 1.63. The highest BCUT2D eigenvalue weighted by Gasteiger charge is 2.14. The van der Waals surface area contributed by atoms with Crippen molar-refractivity contribution in [2.45, 2.75) is 6.42 Å². The number of hydrogen-bond acceptors (Lipinski definition) is 4. The molecule has 0 unspecified atom stereocenters. The fourth-order valence-electron chi connectivity index (χ4n) is 2.99. The summed E-state index contributed by atoms with van der Waals surface area (Å²) in [4.78, 5) is 27.3. The molecule has 1 aliphatic heterocycles. The van der Waals surface area contributed by atoms with E-state index in [9.17, 15) is 9.59 Å². The third kappa shape index (κ3) is 3.75. The maximum Gasteiger partial charge on any atom is 0.251 e. The van der Waals surface area contributed by atoms with E-state index in [4.69, 9.17) is 21.1 Å². The number of aromatic nitrogens is 1. The van der Waals surface area contributed by atoms with E-state index < -0.39 is 0 Å². The third-order valence-corrected chi connectivity index (χ3v) is 4.62. The number of ether oxygens (including phenoxy) is 2. The number of nitrogens with one attached hydrogen (secondary N) is 2. The molecule has 0 radical (unpaired) electrons. The van der Waals surface area contributed by atoms with E-state index in [2.05, 4.69) is 10.3 Å². The first-order valence-corrected chi connectivity index (χ1v) is 8.97. The molecular weight excluding hydrogens is 368 g/mol. The van der Waals surface area contributed by atoms with Crippen LogP contribution in [0.5, 0.6) is 11.5 Å². The topological polar surface area (TPSA) is 80.4 Å². The van der Waals surface area contributed by atoms with E-state index >= 15 is 0 Å². The number of carbonyl (C=O) groups excluding carboxylic acids is 1. The number of fused-ring (bicyclic) bond motifs is 2. The fraction of sp³-hybridized carbons (Fsp3) is 0.200. The van der Waals surface area contributed by atoms with E-state index in [0.717, 1.165) is 5.39 Å². The number of amides is 1. The fourth-order valence-corrected chi connectivity index (χ4v) is 3.11. The lowest BCUT2D eigenvalue weighted by molar-refractivity contribution is 0.0954. The van der Waals surface area contributed by atoms with Gasteiger partial charge in [-0.1, -0.05) is 11.6 Å². The van der Waals surface area contributed by atoms with Gasteiger partial charge in [-0.3, -0.25) is 9.59 Å². The Morgan fingerprint density at radius 1 is 1.07 bits per heavy atom. The van der Waals surface area contributed by atoms with Crippen LogP contribution in [0.15, 0.2) is 47.3 Å². The Balaban J connectivity index is 1.48. The number of hydrogen-bond donors (Lipinski definition) is 2. The van der Waals surface area contributed by atoms with Crippen LogP contribution < -0.4 is 20.3 Å². The summed E-state index contributed by atoms with van der Waals surface area (Å²) < 4.78 is 11.1. The zero-order chi connectivity index (χ0) is 18.8. The average Bonchev–Trinajstić information content (AvgIpc) is 2.67. The van der Waals surface area contributed by atoms with Gasteiger partial charge < -0.3 is 19.8 Å². The molecule has 0 aliphatic carbocycles. The largest absolute Gasteiger partial charge is 0.486 e. The van der Waals surface area contributed by atoms with Gasteiger partial charge in [0.2, 0.25) is 0 Å². The number of rotatable bonds is 4. The van der Waals surface area contributed by atoms with Crippen molar-refractivity contribution in [1.29, 1.82) is 0 Å². The zero-order valence-electron chi connectivity index (χ0n) is 14.4. The number of halogens is 1. The molecule has 1 aliphatic rings. The molecule has 1 amide bonds. The van der Waals surface area contributed by atoms with Crippen molar-refractivity contribution in [1.82, 2.24) is 10.3 Å². The molecule has 138 valence electrons. The van der Waals surface area contributed by atoms with Crippen LogP contribution >= 0.6 is 11.6 Å². The summed E-state index contributed by atoms with van der Waals surface area (Å²) in [6.45, 7) is 1.35. The predicted molar refractivity (Wildman–Crippen MR) is 103 cm³/mol. The Hall–Kier alpha value is -2.99. The molecule has 4 rings (SSSR count). The SMILES string of the molecule is O=C(NCCc1cc2cc3c(cc2[nH]c1=O)OCCO3)c1ccc(Cl)cc1. The van der Waals surface area contributed by atoms with Crippen molar-refractivity contribution in [2.24, 2.45) is 0 Å². The summed E-state index contributed by atoms with van der Waals surface area (Å²) in [7, 11) is 0. The highest BCUT2D eigenvalue weighted by Crippen LogP contribution is 2.33. The Morgan fingerprint density at radius 2 is 1.78 bits per heavy atom. The van der Waals surface area contributed by atoms with Gasteiger partial charge >= 0.3 is 0 Å². The Labute approximate surface area is 160 Å². The minimum atomic E-state index is -0.205. The Morgan fingerprint density at radius 3 is 2.52 bits per heavy atom. The second kappa shape index (κ2) is 7.32. The van der Waals surface area contributed by atoms with Gasteiger partial charge in [-0.2, -0.15) is 0 Å². The quantitative estimate of drug-likeness (QED) is 0.724. The van der Waals surface area contributed by atoms with Gasteiger partial charge in [-0.05, 0) is 42.8 Å².